The fourth-order valence-corrected chi connectivity index (χ4v) is 1.83. The summed E-state index contributed by atoms with van der Waals surface area (Å²) >= 11 is 3.96. The van der Waals surface area contributed by atoms with E-state index in [-0.39, 0.29) is 24.6 Å². The van der Waals surface area contributed by atoms with E-state index in [2.05, 4.69) is 28.6 Å². The van der Waals surface area contributed by atoms with Crippen molar-refractivity contribution in [3.05, 3.63) is 0 Å². The number of hydrogen-bond acceptors (Lipinski definition) is 5. The average Bonchev–Trinajstić information content (AvgIpc) is 2.79. The molecule has 0 bridgehead atoms. The molecule has 0 aromatic carbocycles. The van der Waals surface area contributed by atoms with Crippen molar-refractivity contribution < 1.29 is 19.2 Å². The minimum absolute atomic E-state index is 0.0665. The van der Waals surface area contributed by atoms with Gasteiger partial charge >= 0.3 is 0 Å². The molecule has 4 amide bonds. The normalized spacial score (nSPS) is 19.4. The topological polar surface area (TPSA) is 130 Å². The van der Waals surface area contributed by atoms with Crippen LogP contribution in [0.5, 0.6) is 0 Å². The average molecular weight is 288 g/mol. The van der Waals surface area contributed by atoms with Crippen LogP contribution in [-0.4, -0.2) is 48.0 Å². The molecule has 106 valence electrons. The molecule has 0 aromatic rings. The molecule has 1 rings (SSSR count). The molecule has 0 radical (unpaired) electrons. The van der Waals surface area contributed by atoms with Crippen LogP contribution in [0.15, 0.2) is 0 Å². The van der Waals surface area contributed by atoms with E-state index in [0.717, 1.165) is 0 Å². The SMILES string of the molecule is NC(=O)CNC(=O)[C@H](CS)NC(=O)[C@@H]1CCC(=O)N1. The number of hydrogen-bond donors (Lipinski definition) is 5. The van der Waals surface area contributed by atoms with Gasteiger partial charge in [0.1, 0.15) is 12.1 Å². The van der Waals surface area contributed by atoms with Gasteiger partial charge in [0.15, 0.2) is 0 Å². The highest BCUT2D eigenvalue weighted by Gasteiger charge is 2.29. The summed E-state index contributed by atoms with van der Waals surface area (Å²) < 4.78 is 0. The maximum atomic E-state index is 11.8. The molecule has 1 aliphatic rings. The van der Waals surface area contributed by atoms with Crippen LogP contribution in [0.3, 0.4) is 0 Å². The highest BCUT2D eigenvalue weighted by atomic mass is 32.1. The Morgan fingerprint density at radius 1 is 1.47 bits per heavy atom. The maximum Gasteiger partial charge on any atom is 0.243 e. The quantitative estimate of drug-likeness (QED) is 0.340. The fourth-order valence-electron chi connectivity index (χ4n) is 1.57. The number of carbonyl (C=O) groups is 4. The van der Waals surface area contributed by atoms with Gasteiger partial charge in [-0.3, -0.25) is 19.2 Å². The molecule has 1 aliphatic heterocycles. The summed E-state index contributed by atoms with van der Waals surface area (Å²) in [5.74, 6) is -1.80. The second-order valence-electron chi connectivity index (χ2n) is 4.09. The summed E-state index contributed by atoms with van der Waals surface area (Å²) in [6.45, 7) is -0.306. The van der Waals surface area contributed by atoms with Gasteiger partial charge in [-0.1, -0.05) is 0 Å². The lowest BCUT2D eigenvalue weighted by Crippen LogP contribution is -2.53. The summed E-state index contributed by atoms with van der Waals surface area (Å²) in [6, 6.07) is -1.51. The van der Waals surface area contributed by atoms with Crippen LogP contribution in [0.2, 0.25) is 0 Å². The van der Waals surface area contributed by atoms with Crippen LogP contribution < -0.4 is 21.7 Å². The second-order valence-corrected chi connectivity index (χ2v) is 4.45. The number of nitrogens with one attached hydrogen (secondary N) is 3. The molecule has 5 N–H and O–H groups in total. The number of primary amides is 1. The molecule has 2 atom stereocenters. The van der Waals surface area contributed by atoms with Gasteiger partial charge in [-0.25, -0.2) is 0 Å². The number of rotatable bonds is 6. The Morgan fingerprint density at radius 3 is 2.63 bits per heavy atom. The van der Waals surface area contributed by atoms with Crippen LogP contribution in [-0.2, 0) is 19.2 Å². The monoisotopic (exact) mass is 288 g/mol. The molecule has 9 heteroatoms. The summed E-state index contributed by atoms with van der Waals surface area (Å²) in [5.41, 5.74) is 4.89. The van der Waals surface area contributed by atoms with E-state index in [1.54, 1.807) is 0 Å². The minimum atomic E-state index is -0.882. The highest BCUT2D eigenvalue weighted by molar-refractivity contribution is 7.80. The van der Waals surface area contributed by atoms with E-state index in [0.29, 0.717) is 6.42 Å². The summed E-state index contributed by atoms with van der Waals surface area (Å²) in [6.07, 6.45) is 0.685. The Hall–Kier alpha value is -1.77. The number of amides is 4. The van der Waals surface area contributed by atoms with E-state index in [1.807, 2.05) is 0 Å². The molecule has 0 aliphatic carbocycles. The molecular formula is C10H16N4O4S. The lowest BCUT2D eigenvalue weighted by molar-refractivity contribution is -0.130. The van der Waals surface area contributed by atoms with E-state index in [4.69, 9.17) is 5.73 Å². The molecule has 8 nitrogen and oxygen atoms in total. The smallest absolute Gasteiger partial charge is 0.243 e. The van der Waals surface area contributed by atoms with Crippen LogP contribution in [0.4, 0.5) is 0 Å². The summed E-state index contributed by atoms with van der Waals surface area (Å²) in [5, 5.41) is 7.22. The lowest BCUT2D eigenvalue weighted by Gasteiger charge is -2.18. The predicted molar refractivity (Wildman–Crippen MR) is 69.2 cm³/mol. The van der Waals surface area contributed by atoms with Crippen LogP contribution >= 0.6 is 12.6 Å². The minimum Gasteiger partial charge on any atom is -0.368 e. The summed E-state index contributed by atoms with van der Waals surface area (Å²) in [7, 11) is 0. The third kappa shape index (κ3) is 4.78. The Labute approximate surface area is 115 Å². The largest absolute Gasteiger partial charge is 0.368 e. The van der Waals surface area contributed by atoms with Gasteiger partial charge in [0.05, 0.1) is 6.54 Å². The third-order valence-corrected chi connectivity index (χ3v) is 2.93. The Morgan fingerprint density at radius 2 is 2.16 bits per heavy atom. The van der Waals surface area contributed by atoms with Gasteiger partial charge < -0.3 is 21.7 Å². The first-order valence-corrected chi connectivity index (χ1v) is 6.34. The van der Waals surface area contributed by atoms with Crippen molar-refractivity contribution in [2.75, 3.05) is 12.3 Å². The zero-order valence-corrected chi connectivity index (χ0v) is 11.0. The van der Waals surface area contributed by atoms with E-state index in [9.17, 15) is 19.2 Å². The lowest BCUT2D eigenvalue weighted by atomic mass is 10.2. The van der Waals surface area contributed by atoms with Gasteiger partial charge in [0.25, 0.3) is 0 Å². The first-order valence-electron chi connectivity index (χ1n) is 5.70. The third-order valence-electron chi connectivity index (χ3n) is 2.56. The summed E-state index contributed by atoms with van der Waals surface area (Å²) in [4.78, 5) is 44.9. The molecule has 1 saturated heterocycles. The van der Waals surface area contributed by atoms with Gasteiger partial charge in [-0.05, 0) is 6.42 Å². The van der Waals surface area contributed by atoms with Gasteiger partial charge in [0, 0.05) is 12.2 Å². The zero-order chi connectivity index (χ0) is 14.4. The second kappa shape index (κ2) is 6.98. The van der Waals surface area contributed by atoms with Crippen molar-refractivity contribution in [1.29, 1.82) is 0 Å². The van der Waals surface area contributed by atoms with Crippen molar-refractivity contribution in [3.63, 3.8) is 0 Å². The van der Waals surface area contributed by atoms with Crippen molar-refractivity contribution in [1.82, 2.24) is 16.0 Å². The Balaban J connectivity index is 2.46. The molecule has 0 aromatic heterocycles. The van der Waals surface area contributed by atoms with Gasteiger partial charge in [-0.15, -0.1) is 0 Å². The molecule has 1 heterocycles. The molecule has 19 heavy (non-hydrogen) atoms. The van der Waals surface area contributed by atoms with E-state index in [1.165, 1.54) is 0 Å². The van der Waals surface area contributed by atoms with E-state index >= 15 is 0 Å². The van der Waals surface area contributed by atoms with Crippen molar-refractivity contribution >= 4 is 36.3 Å². The van der Waals surface area contributed by atoms with Crippen molar-refractivity contribution in [2.45, 2.75) is 24.9 Å². The number of thiol groups is 1. The molecule has 1 fully saturated rings. The molecule has 0 unspecified atom stereocenters. The van der Waals surface area contributed by atoms with Gasteiger partial charge in [-0.2, -0.15) is 12.6 Å². The van der Waals surface area contributed by atoms with Crippen molar-refractivity contribution in [3.8, 4) is 0 Å². The molecule has 0 spiro atoms. The van der Waals surface area contributed by atoms with Crippen molar-refractivity contribution in [2.24, 2.45) is 5.73 Å². The first kappa shape index (κ1) is 15.3. The number of carbonyl (C=O) groups excluding carboxylic acids is 4. The highest BCUT2D eigenvalue weighted by Crippen LogP contribution is 2.06. The fraction of sp³-hybridized carbons (Fsp3) is 0.600. The van der Waals surface area contributed by atoms with E-state index < -0.39 is 29.8 Å². The van der Waals surface area contributed by atoms with Crippen LogP contribution in [0, 0.1) is 0 Å². The molecular weight excluding hydrogens is 272 g/mol. The van der Waals surface area contributed by atoms with Crippen LogP contribution in [0.25, 0.3) is 0 Å². The Kier molecular flexibility index (Phi) is 5.61. The van der Waals surface area contributed by atoms with Gasteiger partial charge in [0.2, 0.25) is 23.6 Å². The standard InChI is InChI=1S/C10H16N4O4S/c11-7(15)3-12-9(17)6(4-19)14-10(18)5-1-2-8(16)13-5/h5-6,19H,1-4H2,(H2,11,15)(H,12,17)(H,13,16)(H,14,18)/t5-,6-/m0/s1. The molecule has 0 saturated carbocycles. The first-order chi connectivity index (χ1) is 8.93. The Bertz CT molecular complexity index is 401. The predicted octanol–water partition coefficient (Wildman–Crippen LogP) is -2.72. The zero-order valence-electron chi connectivity index (χ0n) is 10.1. The number of nitrogens with two attached hydrogens (primary N) is 1. The van der Waals surface area contributed by atoms with Crippen LogP contribution in [0.1, 0.15) is 12.8 Å². The maximum absolute atomic E-state index is 11.8.